The minimum Gasteiger partial charge on any atom is -0.493 e. The summed E-state index contributed by atoms with van der Waals surface area (Å²) < 4.78 is 5.82. The van der Waals surface area contributed by atoms with Crippen LogP contribution in [0.25, 0.3) is 0 Å². The average Bonchev–Trinajstić information content (AvgIpc) is 3.27. The Bertz CT molecular complexity index is 417. The number of ether oxygens (including phenoxy) is 1. The molecule has 1 saturated carbocycles. The fraction of sp³-hybridized carbons (Fsp3) is 0.625. The third-order valence-corrected chi connectivity index (χ3v) is 4.00. The first-order valence-corrected chi connectivity index (χ1v) is 7.49. The molecule has 2 N–H and O–H groups in total. The van der Waals surface area contributed by atoms with Gasteiger partial charge in [0, 0.05) is 31.1 Å². The molecular formula is C16H24N2O. The first-order valence-electron chi connectivity index (χ1n) is 7.49. The van der Waals surface area contributed by atoms with Crippen LogP contribution in [0.15, 0.2) is 24.3 Å². The number of para-hydroxylation sites is 1. The highest BCUT2D eigenvalue weighted by molar-refractivity contribution is 5.35. The van der Waals surface area contributed by atoms with Crippen LogP contribution in [0.5, 0.6) is 5.75 Å². The van der Waals surface area contributed by atoms with Gasteiger partial charge in [0.15, 0.2) is 0 Å². The van der Waals surface area contributed by atoms with E-state index in [9.17, 15) is 0 Å². The molecule has 0 amide bonds. The van der Waals surface area contributed by atoms with Crippen LogP contribution in [-0.4, -0.2) is 31.8 Å². The highest BCUT2D eigenvalue weighted by atomic mass is 16.5. The SMILES string of the molecule is CC(CNC1CC1)NCC1COc2ccccc2C1. The lowest BCUT2D eigenvalue weighted by Crippen LogP contribution is -2.41. The number of benzene rings is 1. The Morgan fingerprint density at radius 3 is 3.00 bits per heavy atom. The third-order valence-electron chi connectivity index (χ3n) is 4.00. The second-order valence-electron chi connectivity index (χ2n) is 5.98. The van der Waals surface area contributed by atoms with Crippen molar-refractivity contribution in [1.29, 1.82) is 0 Å². The van der Waals surface area contributed by atoms with Gasteiger partial charge in [-0.15, -0.1) is 0 Å². The number of hydrogen-bond donors (Lipinski definition) is 2. The van der Waals surface area contributed by atoms with Crippen LogP contribution in [0.2, 0.25) is 0 Å². The number of fused-ring (bicyclic) bond motifs is 1. The predicted molar refractivity (Wildman–Crippen MR) is 77.6 cm³/mol. The van der Waals surface area contributed by atoms with Crippen LogP contribution < -0.4 is 15.4 Å². The van der Waals surface area contributed by atoms with Crippen molar-refractivity contribution < 1.29 is 4.74 Å². The molecule has 1 aromatic rings. The lowest BCUT2D eigenvalue weighted by Gasteiger charge is -2.26. The molecule has 0 aromatic heterocycles. The second-order valence-corrected chi connectivity index (χ2v) is 5.98. The molecule has 2 atom stereocenters. The molecule has 2 unspecified atom stereocenters. The molecular weight excluding hydrogens is 236 g/mol. The number of rotatable bonds is 6. The molecule has 1 aromatic carbocycles. The predicted octanol–water partition coefficient (Wildman–Crippen LogP) is 1.97. The first-order chi connectivity index (χ1) is 9.31. The van der Waals surface area contributed by atoms with Crippen LogP contribution in [-0.2, 0) is 6.42 Å². The van der Waals surface area contributed by atoms with Gasteiger partial charge in [0.05, 0.1) is 6.61 Å². The zero-order valence-corrected chi connectivity index (χ0v) is 11.7. The highest BCUT2D eigenvalue weighted by Gasteiger charge is 2.22. The lowest BCUT2D eigenvalue weighted by molar-refractivity contribution is 0.215. The topological polar surface area (TPSA) is 33.3 Å². The minimum atomic E-state index is 0.540. The molecule has 19 heavy (non-hydrogen) atoms. The van der Waals surface area contributed by atoms with Crippen molar-refractivity contribution in [3.63, 3.8) is 0 Å². The maximum Gasteiger partial charge on any atom is 0.122 e. The van der Waals surface area contributed by atoms with Crippen molar-refractivity contribution in [3.05, 3.63) is 29.8 Å². The molecule has 3 nitrogen and oxygen atoms in total. The summed E-state index contributed by atoms with van der Waals surface area (Å²) in [5, 5.41) is 7.19. The molecule has 1 heterocycles. The summed E-state index contributed by atoms with van der Waals surface area (Å²) >= 11 is 0. The molecule has 3 heteroatoms. The van der Waals surface area contributed by atoms with E-state index in [-0.39, 0.29) is 0 Å². The molecule has 104 valence electrons. The van der Waals surface area contributed by atoms with Gasteiger partial charge < -0.3 is 15.4 Å². The molecule has 3 rings (SSSR count). The zero-order valence-electron chi connectivity index (χ0n) is 11.7. The average molecular weight is 260 g/mol. The van der Waals surface area contributed by atoms with Gasteiger partial charge in [-0.2, -0.15) is 0 Å². The summed E-state index contributed by atoms with van der Waals surface area (Å²) in [5.41, 5.74) is 1.35. The summed E-state index contributed by atoms with van der Waals surface area (Å²) in [5.74, 6) is 1.67. The molecule has 1 fully saturated rings. The Morgan fingerprint density at radius 2 is 2.16 bits per heavy atom. The molecule has 1 aliphatic carbocycles. The zero-order chi connectivity index (χ0) is 13.1. The summed E-state index contributed by atoms with van der Waals surface area (Å²) in [4.78, 5) is 0. The van der Waals surface area contributed by atoms with Crippen LogP contribution in [0.3, 0.4) is 0 Å². The van der Waals surface area contributed by atoms with E-state index >= 15 is 0 Å². The van der Waals surface area contributed by atoms with Gasteiger partial charge in [0.25, 0.3) is 0 Å². The molecule has 0 radical (unpaired) electrons. The number of hydrogen-bond acceptors (Lipinski definition) is 3. The summed E-state index contributed by atoms with van der Waals surface area (Å²) in [7, 11) is 0. The van der Waals surface area contributed by atoms with E-state index in [1.807, 2.05) is 6.07 Å². The Kier molecular flexibility index (Phi) is 4.04. The Labute approximate surface area is 115 Å². The maximum absolute atomic E-state index is 5.82. The van der Waals surface area contributed by atoms with Crippen molar-refractivity contribution in [2.24, 2.45) is 5.92 Å². The molecule has 1 aliphatic heterocycles. The Balaban J connectivity index is 1.41. The van der Waals surface area contributed by atoms with Crippen molar-refractivity contribution in [3.8, 4) is 5.75 Å². The smallest absolute Gasteiger partial charge is 0.122 e. The normalized spacial score (nSPS) is 23.5. The van der Waals surface area contributed by atoms with Crippen LogP contribution in [0, 0.1) is 5.92 Å². The number of nitrogens with one attached hydrogen (secondary N) is 2. The van der Waals surface area contributed by atoms with Gasteiger partial charge in [0.1, 0.15) is 5.75 Å². The summed E-state index contributed by atoms with van der Waals surface area (Å²) in [6.45, 7) is 5.22. The van der Waals surface area contributed by atoms with Gasteiger partial charge >= 0.3 is 0 Å². The minimum absolute atomic E-state index is 0.540. The molecule has 0 bridgehead atoms. The van der Waals surface area contributed by atoms with E-state index < -0.39 is 0 Å². The standard InChI is InChI=1S/C16H24N2O/c1-12(9-18-15-6-7-15)17-10-13-8-14-4-2-3-5-16(14)19-11-13/h2-5,12-13,15,17-18H,6-11H2,1H3. The van der Waals surface area contributed by atoms with Crippen molar-refractivity contribution in [1.82, 2.24) is 10.6 Å². The van der Waals surface area contributed by atoms with Gasteiger partial charge in [-0.1, -0.05) is 18.2 Å². The fourth-order valence-corrected chi connectivity index (χ4v) is 2.59. The van der Waals surface area contributed by atoms with Crippen LogP contribution in [0.4, 0.5) is 0 Å². The van der Waals surface area contributed by atoms with E-state index in [2.05, 4.69) is 35.8 Å². The van der Waals surface area contributed by atoms with E-state index in [0.717, 1.165) is 37.9 Å². The van der Waals surface area contributed by atoms with Crippen molar-refractivity contribution in [2.75, 3.05) is 19.7 Å². The van der Waals surface area contributed by atoms with E-state index in [4.69, 9.17) is 4.74 Å². The van der Waals surface area contributed by atoms with E-state index in [1.165, 1.54) is 18.4 Å². The van der Waals surface area contributed by atoms with Gasteiger partial charge in [-0.3, -0.25) is 0 Å². The van der Waals surface area contributed by atoms with Gasteiger partial charge in [0.2, 0.25) is 0 Å². The lowest BCUT2D eigenvalue weighted by atomic mass is 9.96. The molecule has 0 saturated heterocycles. The quantitative estimate of drug-likeness (QED) is 0.820. The third kappa shape index (κ3) is 3.71. The Hall–Kier alpha value is -1.06. The fourth-order valence-electron chi connectivity index (χ4n) is 2.59. The summed E-state index contributed by atoms with van der Waals surface area (Å²) in [6.07, 6.45) is 3.85. The van der Waals surface area contributed by atoms with E-state index in [0.29, 0.717) is 12.0 Å². The highest BCUT2D eigenvalue weighted by Crippen LogP contribution is 2.26. The molecule has 0 spiro atoms. The first kappa shape index (κ1) is 12.9. The van der Waals surface area contributed by atoms with Crippen LogP contribution in [0.1, 0.15) is 25.3 Å². The van der Waals surface area contributed by atoms with Gasteiger partial charge in [-0.25, -0.2) is 0 Å². The Morgan fingerprint density at radius 1 is 1.32 bits per heavy atom. The second kappa shape index (κ2) is 5.93. The maximum atomic E-state index is 5.82. The van der Waals surface area contributed by atoms with Crippen molar-refractivity contribution >= 4 is 0 Å². The van der Waals surface area contributed by atoms with Gasteiger partial charge in [-0.05, 0) is 37.8 Å². The molecule has 2 aliphatic rings. The largest absolute Gasteiger partial charge is 0.493 e. The summed E-state index contributed by atoms with van der Waals surface area (Å²) in [6, 6.07) is 9.73. The van der Waals surface area contributed by atoms with E-state index in [1.54, 1.807) is 0 Å². The van der Waals surface area contributed by atoms with Crippen molar-refractivity contribution in [2.45, 2.75) is 38.3 Å². The van der Waals surface area contributed by atoms with Crippen LogP contribution >= 0.6 is 0 Å². The monoisotopic (exact) mass is 260 g/mol.